The van der Waals surface area contributed by atoms with Gasteiger partial charge in [-0.15, -0.1) is 5.10 Å². The van der Waals surface area contributed by atoms with E-state index in [4.69, 9.17) is 0 Å². The van der Waals surface area contributed by atoms with Gasteiger partial charge in [0.1, 0.15) is 11.5 Å². The highest BCUT2D eigenvalue weighted by Crippen LogP contribution is 2.22. The number of hydrogen-bond donors (Lipinski definition) is 0. The molecule has 0 bridgehead atoms. The number of carbonyl (C=O) groups excluding carboxylic acids is 1. The summed E-state index contributed by atoms with van der Waals surface area (Å²) < 4.78 is 2.89. The zero-order valence-corrected chi connectivity index (χ0v) is 13.9. The van der Waals surface area contributed by atoms with Gasteiger partial charge in [-0.3, -0.25) is 9.59 Å². The Morgan fingerprint density at radius 1 is 1.20 bits per heavy atom. The zero-order valence-electron chi connectivity index (χ0n) is 13.9. The number of carbonyl (C=O) groups is 1. The predicted molar refractivity (Wildman–Crippen MR) is 90.6 cm³/mol. The van der Waals surface area contributed by atoms with Crippen LogP contribution in [0.4, 0.5) is 5.82 Å². The number of likely N-dealkylation sites (N-methyl/N-ethyl adjacent to an activating group) is 1. The smallest absolute Gasteiger partial charge is 0.274 e. The predicted octanol–water partition coefficient (Wildman–Crippen LogP) is -0.216. The molecule has 1 aliphatic heterocycles. The molecule has 1 fully saturated rings. The number of fused-ring (bicyclic) bond motifs is 1. The molecular weight excluding hydrogens is 322 g/mol. The summed E-state index contributed by atoms with van der Waals surface area (Å²) in [6.07, 6.45) is 3.51. The fourth-order valence-corrected chi connectivity index (χ4v) is 2.82. The lowest BCUT2D eigenvalue weighted by Crippen LogP contribution is -2.60. The number of imidazole rings is 1. The maximum atomic E-state index is 12.5. The third-order valence-electron chi connectivity index (χ3n) is 4.47. The third-order valence-corrected chi connectivity index (χ3v) is 4.47. The number of rotatable bonds is 3. The first-order chi connectivity index (χ1) is 12.0. The largest absolute Gasteiger partial charge is 0.351 e. The summed E-state index contributed by atoms with van der Waals surface area (Å²) in [7, 11) is 3.28. The van der Waals surface area contributed by atoms with Crippen molar-refractivity contribution >= 4 is 17.4 Å². The van der Waals surface area contributed by atoms with Gasteiger partial charge in [0.2, 0.25) is 0 Å². The van der Waals surface area contributed by atoms with Gasteiger partial charge < -0.3 is 9.80 Å². The second-order valence-corrected chi connectivity index (χ2v) is 6.08. The highest BCUT2D eigenvalue weighted by atomic mass is 16.2. The van der Waals surface area contributed by atoms with Crippen molar-refractivity contribution in [3.63, 3.8) is 0 Å². The van der Waals surface area contributed by atoms with Gasteiger partial charge in [0.15, 0.2) is 5.65 Å². The normalized spacial score (nSPS) is 14.6. The van der Waals surface area contributed by atoms with Crippen molar-refractivity contribution in [3.8, 4) is 0 Å². The van der Waals surface area contributed by atoms with Crippen molar-refractivity contribution in [2.45, 2.75) is 6.04 Å². The summed E-state index contributed by atoms with van der Waals surface area (Å²) in [5.74, 6) is 0.654. The van der Waals surface area contributed by atoms with Crippen LogP contribution in [0, 0.1) is 0 Å². The summed E-state index contributed by atoms with van der Waals surface area (Å²) in [5.41, 5.74) is 0.824. The zero-order chi connectivity index (χ0) is 17.6. The van der Waals surface area contributed by atoms with Crippen LogP contribution in [-0.2, 0) is 7.05 Å². The van der Waals surface area contributed by atoms with Gasteiger partial charge in [0.25, 0.3) is 11.5 Å². The molecule has 0 spiro atoms. The topological polar surface area (TPSA) is 88.6 Å². The van der Waals surface area contributed by atoms with Crippen molar-refractivity contribution < 1.29 is 4.79 Å². The molecule has 1 amide bonds. The summed E-state index contributed by atoms with van der Waals surface area (Å²) >= 11 is 0. The van der Waals surface area contributed by atoms with Crippen LogP contribution in [0.25, 0.3) is 5.65 Å². The van der Waals surface area contributed by atoms with Gasteiger partial charge in [0.05, 0.1) is 6.04 Å². The van der Waals surface area contributed by atoms with E-state index in [9.17, 15) is 9.59 Å². The molecule has 128 valence electrons. The number of anilines is 1. The Morgan fingerprint density at radius 2 is 2.00 bits per heavy atom. The molecule has 25 heavy (non-hydrogen) atoms. The van der Waals surface area contributed by atoms with Crippen LogP contribution < -0.4 is 10.5 Å². The molecule has 3 aromatic heterocycles. The van der Waals surface area contributed by atoms with Crippen LogP contribution in [0.5, 0.6) is 0 Å². The van der Waals surface area contributed by atoms with E-state index in [-0.39, 0.29) is 23.2 Å². The average Bonchev–Trinajstić information content (AvgIpc) is 3.03. The maximum Gasteiger partial charge on any atom is 0.274 e. The first-order valence-corrected chi connectivity index (χ1v) is 7.90. The molecule has 3 aromatic rings. The SMILES string of the molecule is CN(C(=O)c1ccc(=O)n(C)n1)C1CN(c2ccc3nccn3n2)C1. The Bertz CT molecular complexity index is 1000. The first kappa shape index (κ1) is 15.3. The Labute approximate surface area is 143 Å². The van der Waals surface area contributed by atoms with Crippen molar-refractivity contribution in [2.24, 2.45) is 7.05 Å². The molecule has 0 aromatic carbocycles. The minimum absolute atomic E-state index is 0.0758. The van der Waals surface area contributed by atoms with Gasteiger partial charge in [0, 0.05) is 45.6 Å². The second kappa shape index (κ2) is 5.69. The summed E-state index contributed by atoms with van der Waals surface area (Å²) in [5, 5.41) is 8.52. The molecule has 4 rings (SSSR count). The van der Waals surface area contributed by atoms with Crippen LogP contribution in [-0.4, -0.2) is 61.4 Å². The van der Waals surface area contributed by atoms with E-state index in [0.717, 1.165) is 11.5 Å². The van der Waals surface area contributed by atoms with Gasteiger partial charge in [-0.1, -0.05) is 0 Å². The van der Waals surface area contributed by atoms with Crippen LogP contribution in [0.15, 0.2) is 41.5 Å². The molecule has 1 saturated heterocycles. The van der Waals surface area contributed by atoms with Crippen molar-refractivity contribution in [1.29, 1.82) is 0 Å². The first-order valence-electron chi connectivity index (χ1n) is 7.90. The quantitative estimate of drug-likeness (QED) is 0.656. The van der Waals surface area contributed by atoms with E-state index in [1.807, 2.05) is 12.1 Å². The van der Waals surface area contributed by atoms with Crippen LogP contribution in [0.3, 0.4) is 0 Å². The summed E-state index contributed by atoms with van der Waals surface area (Å²) in [4.78, 5) is 31.9. The average molecular weight is 339 g/mol. The van der Waals surface area contributed by atoms with E-state index in [2.05, 4.69) is 20.1 Å². The van der Waals surface area contributed by atoms with E-state index < -0.39 is 0 Å². The molecule has 4 heterocycles. The highest BCUT2D eigenvalue weighted by molar-refractivity contribution is 5.92. The molecule has 0 unspecified atom stereocenters. The van der Waals surface area contributed by atoms with Crippen LogP contribution in [0.1, 0.15) is 10.5 Å². The van der Waals surface area contributed by atoms with Gasteiger partial charge >= 0.3 is 0 Å². The molecule has 9 heteroatoms. The van der Waals surface area contributed by atoms with Crippen LogP contribution >= 0.6 is 0 Å². The molecule has 0 N–H and O–H groups in total. The monoisotopic (exact) mass is 339 g/mol. The summed E-state index contributed by atoms with van der Waals surface area (Å²) in [6.45, 7) is 1.39. The van der Waals surface area contributed by atoms with Gasteiger partial charge in [-0.25, -0.2) is 14.2 Å². The number of aryl methyl sites for hydroxylation is 1. The van der Waals surface area contributed by atoms with Crippen LogP contribution in [0.2, 0.25) is 0 Å². The fourth-order valence-electron chi connectivity index (χ4n) is 2.82. The molecule has 9 nitrogen and oxygen atoms in total. The molecule has 0 atom stereocenters. The van der Waals surface area contributed by atoms with Crippen molar-refractivity contribution in [3.05, 3.63) is 52.7 Å². The van der Waals surface area contributed by atoms with E-state index in [0.29, 0.717) is 13.1 Å². The van der Waals surface area contributed by atoms with Crippen molar-refractivity contribution in [2.75, 3.05) is 25.0 Å². The minimum Gasteiger partial charge on any atom is -0.351 e. The Kier molecular flexibility index (Phi) is 3.48. The lowest BCUT2D eigenvalue weighted by Gasteiger charge is -2.44. The number of nitrogens with zero attached hydrogens (tertiary/aromatic N) is 7. The van der Waals surface area contributed by atoms with E-state index in [1.165, 1.54) is 23.9 Å². The lowest BCUT2D eigenvalue weighted by molar-refractivity contribution is 0.0696. The van der Waals surface area contributed by atoms with Crippen molar-refractivity contribution in [1.82, 2.24) is 29.3 Å². The maximum absolute atomic E-state index is 12.5. The molecule has 0 radical (unpaired) electrons. The standard InChI is InChI=1S/C16H17N7O2/c1-20(16(25)12-3-6-15(24)21(2)18-12)11-9-22(10-11)14-5-4-13-17-7-8-23(13)19-14/h3-8,11H,9-10H2,1-2H3. The fraction of sp³-hybridized carbons (Fsp3) is 0.312. The Hall–Kier alpha value is -3.23. The Balaban J connectivity index is 1.44. The summed E-state index contributed by atoms with van der Waals surface area (Å²) in [6, 6.07) is 6.73. The molecular formula is C16H17N7O2. The molecule has 1 aliphatic rings. The number of aromatic nitrogens is 5. The third kappa shape index (κ3) is 2.63. The highest BCUT2D eigenvalue weighted by Gasteiger charge is 2.34. The second-order valence-electron chi connectivity index (χ2n) is 6.08. The minimum atomic E-state index is -0.241. The number of hydrogen-bond acceptors (Lipinski definition) is 6. The molecule has 0 aliphatic carbocycles. The number of amides is 1. The van der Waals surface area contributed by atoms with Gasteiger partial charge in [-0.2, -0.15) is 5.10 Å². The Morgan fingerprint density at radius 3 is 2.76 bits per heavy atom. The van der Waals surface area contributed by atoms with E-state index in [1.54, 1.807) is 28.9 Å². The van der Waals surface area contributed by atoms with E-state index >= 15 is 0 Å². The lowest BCUT2D eigenvalue weighted by atomic mass is 10.1. The molecule has 0 saturated carbocycles. The van der Waals surface area contributed by atoms with Gasteiger partial charge in [-0.05, 0) is 18.2 Å².